The van der Waals surface area contributed by atoms with Crippen molar-refractivity contribution in [3.05, 3.63) is 69.9 Å². The van der Waals surface area contributed by atoms with Gasteiger partial charge in [-0.15, -0.1) is 5.10 Å². The molecule has 0 saturated carbocycles. The number of fused-ring (bicyclic) bond motifs is 1. The zero-order valence-corrected chi connectivity index (χ0v) is 15.4. The van der Waals surface area contributed by atoms with Crippen molar-refractivity contribution in [2.24, 2.45) is 0 Å². The lowest BCUT2D eigenvalue weighted by Crippen LogP contribution is -2.37. The molecule has 4 rings (SSSR count). The monoisotopic (exact) mass is 409 g/mol. The number of nitro groups is 1. The number of imide groups is 1. The van der Waals surface area contributed by atoms with Gasteiger partial charge in [0.05, 0.1) is 27.1 Å². The maximum atomic E-state index is 12.4. The van der Waals surface area contributed by atoms with Crippen molar-refractivity contribution in [3.8, 4) is 10.4 Å². The van der Waals surface area contributed by atoms with E-state index in [1.807, 2.05) is 0 Å². The summed E-state index contributed by atoms with van der Waals surface area (Å²) in [7, 11) is 0. The SMILES string of the molecule is O=C(CN1C(=O)c2ccc([N+](=O)[O-])cc2C1=O)Nc1ccc(-c2cnns2)cc1. The number of nitrogens with one attached hydrogen (secondary N) is 1. The highest BCUT2D eigenvalue weighted by molar-refractivity contribution is 7.09. The molecule has 2 aromatic carbocycles. The number of nitrogens with zero attached hydrogens (tertiary/aromatic N) is 4. The van der Waals surface area contributed by atoms with Gasteiger partial charge in [0.1, 0.15) is 6.54 Å². The summed E-state index contributed by atoms with van der Waals surface area (Å²) in [6.07, 6.45) is 1.63. The summed E-state index contributed by atoms with van der Waals surface area (Å²) in [5, 5.41) is 17.3. The minimum atomic E-state index is -0.739. The Labute approximate surface area is 167 Å². The Morgan fingerprint density at radius 3 is 2.48 bits per heavy atom. The molecular weight excluding hydrogens is 398 g/mol. The summed E-state index contributed by atoms with van der Waals surface area (Å²) >= 11 is 1.24. The highest BCUT2D eigenvalue weighted by Crippen LogP contribution is 2.27. The molecule has 0 spiro atoms. The van der Waals surface area contributed by atoms with Crippen molar-refractivity contribution < 1.29 is 19.3 Å². The van der Waals surface area contributed by atoms with Crippen molar-refractivity contribution in [2.45, 2.75) is 0 Å². The van der Waals surface area contributed by atoms with Gasteiger partial charge in [0, 0.05) is 17.8 Å². The Balaban J connectivity index is 1.45. The third-order valence-electron chi connectivity index (χ3n) is 4.28. The number of nitro benzene ring substituents is 1. The third kappa shape index (κ3) is 3.46. The van der Waals surface area contributed by atoms with Gasteiger partial charge in [0.2, 0.25) is 5.91 Å². The Hall–Kier alpha value is -3.99. The van der Waals surface area contributed by atoms with E-state index in [4.69, 9.17) is 0 Å². The molecule has 0 fully saturated rings. The van der Waals surface area contributed by atoms with Crippen LogP contribution >= 0.6 is 11.5 Å². The minimum Gasteiger partial charge on any atom is -0.325 e. The van der Waals surface area contributed by atoms with Gasteiger partial charge < -0.3 is 5.32 Å². The van der Waals surface area contributed by atoms with Gasteiger partial charge in [-0.2, -0.15) is 0 Å². The number of carbonyl (C=O) groups excluding carboxylic acids is 3. The minimum absolute atomic E-state index is 0.0379. The molecule has 0 unspecified atom stereocenters. The van der Waals surface area contributed by atoms with Gasteiger partial charge in [-0.05, 0) is 35.3 Å². The lowest BCUT2D eigenvalue weighted by molar-refractivity contribution is -0.384. The number of rotatable bonds is 5. The molecule has 3 amide bonds. The van der Waals surface area contributed by atoms with Crippen molar-refractivity contribution in [2.75, 3.05) is 11.9 Å². The van der Waals surface area contributed by atoms with E-state index in [9.17, 15) is 24.5 Å². The molecule has 3 aromatic rings. The van der Waals surface area contributed by atoms with Crippen LogP contribution in [0.1, 0.15) is 20.7 Å². The molecule has 2 heterocycles. The Bertz CT molecular complexity index is 1140. The maximum absolute atomic E-state index is 12.4. The molecule has 144 valence electrons. The molecule has 0 bridgehead atoms. The standard InChI is InChI=1S/C18H11N5O5S/c24-16(20-11-3-1-10(2-4-11)15-8-19-21-29-15)9-22-17(25)13-6-5-12(23(27)28)7-14(13)18(22)26/h1-8H,9H2,(H,20,24). The summed E-state index contributed by atoms with van der Waals surface area (Å²) in [6, 6.07) is 10.3. The second kappa shape index (κ2) is 7.20. The maximum Gasteiger partial charge on any atom is 0.270 e. The fourth-order valence-electron chi connectivity index (χ4n) is 2.89. The summed E-state index contributed by atoms with van der Waals surface area (Å²) in [6.45, 7) is -0.499. The summed E-state index contributed by atoms with van der Waals surface area (Å²) in [4.78, 5) is 49.0. The Morgan fingerprint density at radius 2 is 1.83 bits per heavy atom. The van der Waals surface area contributed by atoms with Gasteiger partial charge in [-0.3, -0.25) is 29.4 Å². The normalized spacial score (nSPS) is 12.8. The number of non-ortho nitro benzene ring substituents is 1. The van der Waals surface area contributed by atoms with Crippen LogP contribution in [-0.2, 0) is 4.79 Å². The van der Waals surface area contributed by atoms with E-state index in [-0.39, 0.29) is 16.8 Å². The molecule has 29 heavy (non-hydrogen) atoms. The Kier molecular flexibility index (Phi) is 4.56. The molecule has 1 N–H and O–H groups in total. The molecule has 1 aliphatic rings. The highest BCUT2D eigenvalue weighted by Gasteiger charge is 2.37. The third-order valence-corrected chi connectivity index (χ3v) is 5.00. The lowest BCUT2D eigenvalue weighted by atomic mass is 10.1. The van der Waals surface area contributed by atoms with Crippen LogP contribution in [0, 0.1) is 10.1 Å². The molecule has 10 nitrogen and oxygen atoms in total. The molecule has 0 radical (unpaired) electrons. The average molecular weight is 409 g/mol. The van der Waals surface area contributed by atoms with Gasteiger partial charge in [0.25, 0.3) is 17.5 Å². The van der Waals surface area contributed by atoms with Gasteiger partial charge in [-0.1, -0.05) is 16.6 Å². The quantitative estimate of drug-likeness (QED) is 0.388. The molecule has 1 aromatic heterocycles. The second-order valence-corrected chi connectivity index (χ2v) is 6.88. The predicted octanol–water partition coefficient (Wildman–Crippen LogP) is 2.35. The van der Waals surface area contributed by atoms with Crippen molar-refractivity contribution >= 4 is 40.6 Å². The molecule has 0 aliphatic carbocycles. The van der Waals surface area contributed by atoms with E-state index < -0.39 is 29.2 Å². The Morgan fingerprint density at radius 1 is 1.10 bits per heavy atom. The van der Waals surface area contributed by atoms with Crippen LogP contribution in [0.4, 0.5) is 11.4 Å². The zero-order chi connectivity index (χ0) is 20.5. The van der Waals surface area contributed by atoms with Crippen LogP contribution in [0.15, 0.2) is 48.7 Å². The van der Waals surface area contributed by atoms with Gasteiger partial charge in [0.15, 0.2) is 0 Å². The number of benzene rings is 2. The van der Waals surface area contributed by atoms with Crippen LogP contribution in [0.5, 0.6) is 0 Å². The van der Waals surface area contributed by atoms with E-state index in [0.717, 1.165) is 27.5 Å². The smallest absolute Gasteiger partial charge is 0.270 e. The van der Waals surface area contributed by atoms with E-state index in [2.05, 4.69) is 14.9 Å². The topological polar surface area (TPSA) is 135 Å². The van der Waals surface area contributed by atoms with Crippen molar-refractivity contribution in [1.82, 2.24) is 14.5 Å². The van der Waals surface area contributed by atoms with Gasteiger partial charge >= 0.3 is 0 Å². The van der Waals surface area contributed by atoms with E-state index in [1.165, 1.54) is 17.6 Å². The first-order valence-electron chi connectivity index (χ1n) is 8.26. The number of hydrogen-bond donors (Lipinski definition) is 1. The number of anilines is 1. The largest absolute Gasteiger partial charge is 0.325 e. The van der Waals surface area contributed by atoms with Crippen LogP contribution in [-0.4, -0.2) is 43.7 Å². The summed E-state index contributed by atoms with van der Waals surface area (Å²) < 4.78 is 3.79. The first-order chi connectivity index (χ1) is 13.9. The number of aromatic nitrogens is 2. The molecule has 0 atom stereocenters. The van der Waals surface area contributed by atoms with Gasteiger partial charge in [-0.25, -0.2) is 0 Å². The number of hydrogen-bond acceptors (Lipinski definition) is 8. The molecule has 1 aliphatic heterocycles. The lowest BCUT2D eigenvalue weighted by Gasteiger charge is -2.13. The molecule has 11 heteroatoms. The average Bonchev–Trinajstić information content (AvgIpc) is 3.32. The summed E-state index contributed by atoms with van der Waals surface area (Å²) in [5.74, 6) is -1.97. The van der Waals surface area contributed by atoms with Crippen molar-refractivity contribution in [1.29, 1.82) is 0 Å². The van der Waals surface area contributed by atoms with Crippen LogP contribution in [0.2, 0.25) is 0 Å². The highest BCUT2D eigenvalue weighted by atomic mass is 32.1. The first-order valence-corrected chi connectivity index (χ1v) is 9.03. The zero-order valence-electron chi connectivity index (χ0n) is 14.6. The van der Waals surface area contributed by atoms with Crippen LogP contribution < -0.4 is 5.32 Å². The molecular formula is C18H11N5O5S. The van der Waals surface area contributed by atoms with E-state index >= 15 is 0 Å². The predicted molar refractivity (Wildman–Crippen MR) is 102 cm³/mol. The summed E-state index contributed by atoms with van der Waals surface area (Å²) in [5.41, 5.74) is 1.03. The van der Waals surface area contributed by atoms with Crippen LogP contribution in [0.25, 0.3) is 10.4 Å². The van der Waals surface area contributed by atoms with Crippen molar-refractivity contribution in [3.63, 3.8) is 0 Å². The fraction of sp³-hybridized carbons (Fsp3) is 0.0556. The van der Waals surface area contributed by atoms with Crippen LogP contribution in [0.3, 0.4) is 0 Å². The fourth-order valence-corrected chi connectivity index (χ4v) is 3.41. The first kappa shape index (κ1) is 18.4. The second-order valence-electron chi connectivity index (χ2n) is 6.09. The van der Waals surface area contributed by atoms with E-state index in [0.29, 0.717) is 5.69 Å². The number of amides is 3. The number of carbonyl (C=O) groups is 3. The molecule has 0 saturated heterocycles. The van der Waals surface area contributed by atoms with E-state index in [1.54, 1.807) is 30.5 Å².